The fraction of sp³-hybridized carbons (Fsp3) is 0.381. The lowest BCUT2D eigenvalue weighted by atomic mass is 10.0. The van der Waals surface area contributed by atoms with Gasteiger partial charge in [0.2, 0.25) is 5.91 Å². The molecule has 0 aliphatic rings. The number of hydrogen-bond donors (Lipinski definition) is 1. The smallest absolute Gasteiger partial charge is 0.221 e. The summed E-state index contributed by atoms with van der Waals surface area (Å²) in [7, 11) is 5.08. The number of methoxy groups -OCH3 is 2. The van der Waals surface area contributed by atoms with Crippen LogP contribution in [0.2, 0.25) is 0 Å². The number of aromatic nitrogens is 3. The quantitative estimate of drug-likeness (QED) is 0.627. The molecule has 1 aromatic carbocycles. The van der Waals surface area contributed by atoms with Crippen molar-refractivity contribution in [3.8, 4) is 11.5 Å². The molecule has 0 saturated heterocycles. The summed E-state index contributed by atoms with van der Waals surface area (Å²) < 4.78 is 17.8. The number of aryl methyl sites for hydroxylation is 3. The molecule has 0 fully saturated rings. The molecule has 0 radical (unpaired) electrons. The predicted molar refractivity (Wildman–Crippen MR) is 107 cm³/mol. The standard InChI is InChI=1S/C21H26N4O4/c1-13-18(14(2)29-24-13)6-7-19(26)23-20(21-22-8-9-25(21)3)15-10-16(27-4)12-17(11-15)28-5/h8-12,20H,6-7H2,1-5H3,(H,23,26)/t20-/m0/s1. The zero-order valence-corrected chi connectivity index (χ0v) is 17.4. The summed E-state index contributed by atoms with van der Waals surface area (Å²) in [5.41, 5.74) is 2.60. The van der Waals surface area contributed by atoms with Crippen LogP contribution >= 0.6 is 0 Å². The van der Waals surface area contributed by atoms with Crippen molar-refractivity contribution < 1.29 is 18.8 Å². The first-order chi connectivity index (χ1) is 13.9. The number of hydrogen-bond acceptors (Lipinski definition) is 6. The number of carbonyl (C=O) groups is 1. The van der Waals surface area contributed by atoms with Crippen LogP contribution in [0, 0.1) is 13.8 Å². The van der Waals surface area contributed by atoms with Gasteiger partial charge in [-0.1, -0.05) is 5.16 Å². The molecule has 0 aliphatic carbocycles. The van der Waals surface area contributed by atoms with E-state index < -0.39 is 6.04 Å². The van der Waals surface area contributed by atoms with Crippen LogP contribution in [-0.2, 0) is 18.3 Å². The highest BCUT2D eigenvalue weighted by molar-refractivity contribution is 5.77. The highest BCUT2D eigenvalue weighted by atomic mass is 16.5. The third-order valence-corrected chi connectivity index (χ3v) is 4.91. The van der Waals surface area contributed by atoms with Crippen molar-refractivity contribution in [2.24, 2.45) is 7.05 Å². The topological polar surface area (TPSA) is 91.4 Å². The summed E-state index contributed by atoms with van der Waals surface area (Å²) in [5, 5.41) is 7.04. The van der Waals surface area contributed by atoms with Gasteiger partial charge in [-0.3, -0.25) is 4.79 Å². The first-order valence-electron chi connectivity index (χ1n) is 9.34. The minimum Gasteiger partial charge on any atom is -0.497 e. The van der Waals surface area contributed by atoms with Gasteiger partial charge in [0.15, 0.2) is 0 Å². The Kier molecular flexibility index (Phi) is 6.21. The van der Waals surface area contributed by atoms with Crippen LogP contribution in [-0.4, -0.2) is 34.8 Å². The number of nitrogens with zero attached hydrogens (tertiary/aromatic N) is 3. The molecule has 29 heavy (non-hydrogen) atoms. The van der Waals surface area contributed by atoms with E-state index in [1.165, 1.54) is 0 Å². The molecule has 3 aromatic rings. The fourth-order valence-electron chi connectivity index (χ4n) is 3.28. The lowest BCUT2D eigenvalue weighted by Gasteiger charge is -2.20. The molecule has 1 atom stereocenters. The van der Waals surface area contributed by atoms with E-state index >= 15 is 0 Å². The second kappa shape index (κ2) is 8.81. The number of rotatable bonds is 8. The van der Waals surface area contributed by atoms with Crippen molar-refractivity contribution in [2.75, 3.05) is 14.2 Å². The van der Waals surface area contributed by atoms with E-state index in [1.807, 2.05) is 43.8 Å². The summed E-state index contributed by atoms with van der Waals surface area (Å²) in [6.45, 7) is 3.73. The van der Waals surface area contributed by atoms with Crippen LogP contribution in [0.3, 0.4) is 0 Å². The van der Waals surface area contributed by atoms with Gasteiger partial charge in [-0.2, -0.15) is 0 Å². The fourth-order valence-corrected chi connectivity index (χ4v) is 3.28. The van der Waals surface area contributed by atoms with Crippen molar-refractivity contribution in [2.45, 2.75) is 32.7 Å². The van der Waals surface area contributed by atoms with Gasteiger partial charge in [0.25, 0.3) is 0 Å². The maximum atomic E-state index is 12.8. The minimum absolute atomic E-state index is 0.0974. The first-order valence-corrected chi connectivity index (χ1v) is 9.34. The van der Waals surface area contributed by atoms with Gasteiger partial charge in [0.1, 0.15) is 29.1 Å². The molecule has 0 bridgehead atoms. The molecule has 8 nitrogen and oxygen atoms in total. The Labute approximate surface area is 169 Å². The maximum Gasteiger partial charge on any atom is 0.221 e. The van der Waals surface area contributed by atoms with Crippen LogP contribution in [0.15, 0.2) is 35.1 Å². The summed E-state index contributed by atoms with van der Waals surface area (Å²) in [5.74, 6) is 2.64. The molecule has 1 N–H and O–H groups in total. The predicted octanol–water partition coefficient (Wildman–Crippen LogP) is 2.88. The number of benzene rings is 1. The molecular weight excluding hydrogens is 372 g/mol. The van der Waals surface area contributed by atoms with Crippen LogP contribution in [0.5, 0.6) is 11.5 Å². The Morgan fingerprint density at radius 2 is 1.90 bits per heavy atom. The molecule has 154 valence electrons. The second-order valence-electron chi connectivity index (χ2n) is 6.85. The summed E-state index contributed by atoms with van der Waals surface area (Å²) >= 11 is 0. The number of carbonyl (C=O) groups excluding carboxylic acids is 1. The minimum atomic E-state index is -0.448. The number of amides is 1. The number of imidazole rings is 1. The molecule has 3 rings (SSSR count). The van der Waals surface area contributed by atoms with E-state index in [4.69, 9.17) is 14.0 Å². The number of nitrogens with one attached hydrogen (secondary N) is 1. The molecule has 0 saturated carbocycles. The van der Waals surface area contributed by atoms with E-state index in [9.17, 15) is 4.79 Å². The Morgan fingerprint density at radius 1 is 1.21 bits per heavy atom. The van der Waals surface area contributed by atoms with Gasteiger partial charge in [-0.15, -0.1) is 0 Å². The molecule has 0 unspecified atom stereocenters. The van der Waals surface area contributed by atoms with E-state index in [0.29, 0.717) is 30.2 Å². The van der Waals surface area contributed by atoms with Crippen molar-refractivity contribution in [1.29, 1.82) is 0 Å². The van der Waals surface area contributed by atoms with Crippen LogP contribution in [0.4, 0.5) is 0 Å². The van der Waals surface area contributed by atoms with Crippen LogP contribution in [0.25, 0.3) is 0 Å². The lowest BCUT2D eigenvalue weighted by molar-refractivity contribution is -0.121. The second-order valence-corrected chi connectivity index (χ2v) is 6.85. The van der Waals surface area contributed by atoms with Crippen molar-refractivity contribution in [3.05, 3.63) is 59.0 Å². The van der Waals surface area contributed by atoms with Gasteiger partial charge < -0.3 is 23.9 Å². The molecule has 2 aromatic heterocycles. The summed E-state index contributed by atoms with van der Waals surface area (Å²) in [4.78, 5) is 17.2. The normalized spacial score (nSPS) is 11.9. The third-order valence-electron chi connectivity index (χ3n) is 4.91. The molecule has 8 heteroatoms. The highest BCUT2D eigenvalue weighted by Gasteiger charge is 2.23. The number of ether oxygens (including phenoxy) is 2. The molecule has 0 aliphatic heterocycles. The Bertz CT molecular complexity index is 951. The molecule has 0 spiro atoms. The molecular formula is C21H26N4O4. The largest absolute Gasteiger partial charge is 0.497 e. The van der Waals surface area contributed by atoms with Gasteiger partial charge in [-0.25, -0.2) is 4.98 Å². The van der Waals surface area contributed by atoms with Gasteiger partial charge in [-0.05, 0) is 38.0 Å². The van der Waals surface area contributed by atoms with Crippen molar-refractivity contribution in [1.82, 2.24) is 20.0 Å². The van der Waals surface area contributed by atoms with Gasteiger partial charge in [0.05, 0.1) is 19.9 Å². The van der Waals surface area contributed by atoms with Gasteiger partial charge in [0, 0.05) is 37.5 Å². The van der Waals surface area contributed by atoms with Gasteiger partial charge >= 0.3 is 0 Å². The monoisotopic (exact) mass is 398 g/mol. The van der Waals surface area contributed by atoms with Crippen molar-refractivity contribution in [3.63, 3.8) is 0 Å². The Hall–Kier alpha value is -3.29. The summed E-state index contributed by atoms with van der Waals surface area (Å²) in [6, 6.07) is 5.08. The zero-order chi connectivity index (χ0) is 21.0. The maximum absolute atomic E-state index is 12.8. The molecule has 1 amide bonds. The Morgan fingerprint density at radius 3 is 2.41 bits per heavy atom. The highest BCUT2D eigenvalue weighted by Crippen LogP contribution is 2.29. The van der Waals surface area contributed by atoms with Crippen LogP contribution in [0.1, 0.15) is 40.9 Å². The Balaban J connectivity index is 1.85. The van der Waals surface area contributed by atoms with E-state index in [1.54, 1.807) is 26.5 Å². The third kappa shape index (κ3) is 4.59. The first kappa shape index (κ1) is 20.4. The van der Waals surface area contributed by atoms with Crippen molar-refractivity contribution >= 4 is 5.91 Å². The van der Waals surface area contributed by atoms with Crippen LogP contribution < -0.4 is 14.8 Å². The van der Waals surface area contributed by atoms with E-state index in [-0.39, 0.29) is 5.91 Å². The SMILES string of the molecule is COc1cc(OC)cc([C@H](NC(=O)CCc2c(C)noc2C)c2nccn2C)c1. The lowest BCUT2D eigenvalue weighted by Crippen LogP contribution is -2.31. The zero-order valence-electron chi connectivity index (χ0n) is 17.4. The summed E-state index contributed by atoms with van der Waals surface area (Å²) in [6.07, 6.45) is 4.41. The molecule has 2 heterocycles. The average Bonchev–Trinajstić information content (AvgIpc) is 3.28. The van der Waals surface area contributed by atoms with E-state index in [0.717, 1.165) is 22.6 Å². The van der Waals surface area contributed by atoms with E-state index in [2.05, 4.69) is 15.5 Å². The average molecular weight is 398 g/mol.